The van der Waals surface area contributed by atoms with E-state index in [1.165, 1.54) is 0 Å². The molecule has 3 atom stereocenters. The lowest BCUT2D eigenvalue weighted by molar-refractivity contribution is -0.138. The standard InChI is InChI=1S/C17H21F4N3O2/c1-16(2,3)26-15(25)24-10-4-5-13(24)12(7-10)23-14-11(18)6-9(8-22-14)17(19,20)21/h6,8,10,12-13H,4-5,7H2,1-3H3,(H,22,23). The van der Waals surface area contributed by atoms with Gasteiger partial charge in [-0.2, -0.15) is 13.2 Å². The molecule has 0 aromatic carbocycles. The molecule has 0 saturated carbocycles. The molecule has 9 heteroatoms. The highest BCUT2D eigenvalue weighted by Gasteiger charge is 2.50. The number of alkyl halides is 3. The van der Waals surface area contributed by atoms with Gasteiger partial charge in [-0.15, -0.1) is 0 Å². The summed E-state index contributed by atoms with van der Waals surface area (Å²) in [5.74, 6) is -1.30. The maximum atomic E-state index is 14.0. The molecule has 1 N–H and O–H groups in total. The third kappa shape index (κ3) is 3.71. The first-order valence-corrected chi connectivity index (χ1v) is 8.46. The summed E-state index contributed by atoms with van der Waals surface area (Å²) >= 11 is 0. The smallest absolute Gasteiger partial charge is 0.417 e. The summed E-state index contributed by atoms with van der Waals surface area (Å²) in [6, 6.07) is -0.0723. The number of ether oxygens (including phenoxy) is 1. The number of aromatic nitrogens is 1. The van der Waals surface area contributed by atoms with Gasteiger partial charge in [-0.25, -0.2) is 14.2 Å². The van der Waals surface area contributed by atoms with Gasteiger partial charge in [-0.1, -0.05) is 0 Å². The van der Waals surface area contributed by atoms with Gasteiger partial charge >= 0.3 is 12.3 Å². The molecule has 3 unspecified atom stereocenters. The van der Waals surface area contributed by atoms with Crippen molar-refractivity contribution < 1.29 is 27.1 Å². The Morgan fingerprint density at radius 2 is 2.00 bits per heavy atom. The Morgan fingerprint density at radius 1 is 1.31 bits per heavy atom. The van der Waals surface area contributed by atoms with Crippen molar-refractivity contribution in [1.82, 2.24) is 9.88 Å². The van der Waals surface area contributed by atoms with Gasteiger partial charge in [-0.05, 0) is 46.1 Å². The van der Waals surface area contributed by atoms with Crippen molar-refractivity contribution in [3.8, 4) is 0 Å². The number of pyridine rings is 1. The Labute approximate surface area is 148 Å². The van der Waals surface area contributed by atoms with Crippen molar-refractivity contribution in [3.05, 3.63) is 23.6 Å². The quantitative estimate of drug-likeness (QED) is 0.788. The molecule has 2 fully saturated rings. The van der Waals surface area contributed by atoms with E-state index in [4.69, 9.17) is 4.74 Å². The number of hydrogen-bond donors (Lipinski definition) is 1. The topological polar surface area (TPSA) is 54.5 Å². The zero-order valence-corrected chi connectivity index (χ0v) is 14.7. The summed E-state index contributed by atoms with van der Waals surface area (Å²) in [5.41, 5.74) is -1.76. The van der Waals surface area contributed by atoms with E-state index < -0.39 is 29.3 Å². The van der Waals surface area contributed by atoms with E-state index in [2.05, 4.69) is 10.3 Å². The summed E-state index contributed by atoms with van der Waals surface area (Å²) in [7, 11) is 0. The van der Waals surface area contributed by atoms with Crippen LogP contribution in [0, 0.1) is 5.82 Å². The van der Waals surface area contributed by atoms with Crippen LogP contribution in [0.1, 0.15) is 45.6 Å². The molecule has 2 aliphatic rings. The molecule has 2 saturated heterocycles. The maximum Gasteiger partial charge on any atom is 0.417 e. The first-order chi connectivity index (χ1) is 12.0. The predicted molar refractivity (Wildman–Crippen MR) is 86.1 cm³/mol. The zero-order chi connectivity index (χ0) is 19.3. The Bertz CT molecular complexity index is 702. The summed E-state index contributed by atoms with van der Waals surface area (Å²) in [6.07, 6.45) is -2.34. The summed E-state index contributed by atoms with van der Waals surface area (Å²) in [5, 5.41) is 2.86. The molecular formula is C17H21F4N3O2. The lowest BCUT2D eigenvalue weighted by atomic mass is 9.95. The minimum absolute atomic E-state index is 0.0233. The van der Waals surface area contributed by atoms with Crippen LogP contribution in [-0.2, 0) is 10.9 Å². The maximum absolute atomic E-state index is 14.0. The zero-order valence-electron chi connectivity index (χ0n) is 14.7. The minimum Gasteiger partial charge on any atom is -0.444 e. The molecule has 3 rings (SSSR count). The number of amides is 1. The van der Waals surface area contributed by atoms with Gasteiger partial charge in [0.05, 0.1) is 17.6 Å². The fourth-order valence-corrected chi connectivity index (χ4v) is 3.62. The summed E-state index contributed by atoms with van der Waals surface area (Å²) < 4.78 is 57.3. The number of rotatable bonds is 2. The first kappa shape index (κ1) is 18.7. The van der Waals surface area contributed by atoms with E-state index in [-0.39, 0.29) is 23.9 Å². The van der Waals surface area contributed by atoms with E-state index in [0.29, 0.717) is 18.7 Å². The molecule has 1 aromatic rings. The molecule has 0 spiro atoms. The second-order valence-corrected chi connectivity index (χ2v) is 7.72. The van der Waals surface area contributed by atoms with Crippen LogP contribution in [0.15, 0.2) is 12.3 Å². The van der Waals surface area contributed by atoms with Gasteiger partial charge in [0.2, 0.25) is 0 Å². The Balaban J connectivity index is 1.72. The largest absolute Gasteiger partial charge is 0.444 e. The minimum atomic E-state index is -4.65. The first-order valence-electron chi connectivity index (χ1n) is 8.46. The molecule has 26 heavy (non-hydrogen) atoms. The Kier molecular flexibility index (Phi) is 4.52. The van der Waals surface area contributed by atoms with Crippen molar-refractivity contribution >= 4 is 11.9 Å². The van der Waals surface area contributed by atoms with Crippen molar-refractivity contribution in [2.45, 2.75) is 69.9 Å². The van der Waals surface area contributed by atoms with Crippen LogP contribution in [0.5, 0.6) is 0 Å². The molecule has 1 aromatic heterocycles. The molecule has 0 aliphatic carbocycles. The highest BCUT2D eigenvalue weighted by atomic mass is 19.4. The lowest BCUT2D eigenvalue weighted by Crippen LogP contribution is -2.42. The van der Waals surface area contributed by atoms with Gasteiger partial charge in [0, 0.05) is 12.2 Å². The average Bonchev–Trinajstić information content (AvgIpc) is 3.04. The van der Waals surface area contributed by atoms with E-state index >= 15 is 0 Å². The molecule has 144 valence electrons. The molecule has 2 aliphatic heterocycles. The molecule has 0 radical (unpaired) electrons. The SMILES string of the molecule is CC(C)(C)OC(=O)N1C2CCC1C(Nc1ncc(C(F)(F)F)cc1F)C2. The van der Waals surface area contributed by atoms with Crippen LogP contribution < -0.4 is 5.32 Å². The van der Waals surface area contributed by atoms with Crippen LogP contribution in [-0.4, -0.2) is 39.7 Å². The van der Waals surface area contributed by atoms with Crippen LogP contribution in [0.4, 0.5) is 28.2 Å². The van der Waals surface area contributed by atoms with Crippen molar-refractivity contribution in [2.24, 2.45) is 0 Å². The number of anilines is 1. The average molecular weight is 375 g/mol. The van der Waals surface area contributed by atoms with Gasteiger partial charge < -0.3 is 15.0 Å². The number of carbonyl (C=O) groups excluding carboxylic acids is 1. The lowest BCUT2D eigenvalue weighted by Gasteiger charge is -2.28. The van der Waals surface area contributed by atoms with Crippen LogP contribution in [0.25, 0.3) is 0 Å². The second kappa shape index (κ2) is 6.28. The van der Waals surface area contributed by atoms with E-state index in [9.17, 15) is 22.4 Å². The molecule has 5 nitrogen and oxygen atoms in total. The van der Waals surface area contributed by atoms with Gasteiger partial charge in [0.15, 0.2) is 11.6 Å². The molecule has 3 heterocycles. The fourth-order valence-electron chi connectivity index (χ4n) is 3.62. The van der Waals surface area contributed by atoms with Crippen molar-refractivity contribution in [1.29, 1.82) is 0 Å². The molecule has 1 amide bonds. The molecule has 2 bridgehead atoms. The van der Waals surface area contributed by atoms with Gasteiger partial charge in [0.25, 0.3) is 0 Å². The number of halogens is 4. The number of fused-ring (bicyclic) bond motifs is 2. The van der Waals surface area contributed by atoms with Crippen LogP contribution in [0.2, 0.25) is 0 Å². The van der Waals surface area contributed by atoms with Crippen molar-refractivity contribution in [3.63, 3.8) is 0 Å². The van der Waals surface area contributed by atoms with E-state index in [0.717, 1.165) is 12.8 Å². The van der Waals surface area contributed by atoms with Crippen LogP contribution in [0.3, 0.4) is 0 Å². The number of nitrogens with one attached hydrogen (secondary N) is 1. The highest BCUT2D eigenvalue weighted by molar-refractivity contribution is 5.70. The van der Waals surface area contributed by atoms with Crippen LogP contribution >= 0.6 is 0 Å². The predicted octanol–water partition coefficient (Wildman–Crippen LogP) is 4.19. The number of nitrogens with zero attached hydrogens (tertiary/aromatic N) is 2. The number of hydrogen-bond acceptors (Lipinski definition) is 4. The third-order valence-corrected chi connectivity index (χ3v) is 4.63. The van der Waals surface area contributed by atoms with Gasteiger partial charge in [-0.3, -0.25) is 0 Å². The monoisotopic (exact) mass is 375 g/mol. The van der Waals surface area contributed by atoms with Gasteiger partial charge in [0.1, 0.15) is 5.60 Å². The van der Waals surface area contributed by atoms with Crippen molar-refractivity contribution in [2.75, 3.05) is 5.32 Å². The fraction of sp³-hybridized carbons (Fsp3) is 0.647. The second-order valence-electron chi connectivity index (χ2n) is 7.72. The summed E-state index contributed by atoms with van der Waals surface area (Å²) in [4.78, 5) is 17.6. The third-order valence-electron chi connectivity index (χ3n) is 4.63. The normalized spacial score (nSPS) is 25.5. The number of carbonyl (C=O) groups is 1. The Morgan fingerprint density at radius 3 is 2.58 bits per heavy atom. The Hall–Kier alpha value is -2.06. The molecular weight excluding hydrogens is 354 g/mol. The summed E-state index contributed by atoms with van der Waals surface area (Å²) in [6.45, 7) is 5.33. The highest BCUT2D eigenvalue weighted by Crippen LogP contribution is 2.40. The van der Waals surface area contributed by atoms with E-state index in [1.807, 2.05) is 0 Å². The van der Waals surface area contributed by atoms with E-state index in [1.54, 1.807) is 25.7 Å².